The van der Waals surface area contributed by atoms with Crippen molar-refractivity contribution in [1.29, 1.82) is 0 Å². The molecule has 2 N–H and O–H groups in total. The summed E-state index contributed by atoms with van der Waals surface area (Å²) in [6.45, 7) is 3.06. The van der Waals surface area contributed by atoms with E-state index >= 15 is 0 Å². The number of sulfonamides is 1. The molecule has 0 atom stereocenters. The molecule has 0 bridgehead atoms. The molecule has 0 spiro atoms. The van der Waals surface area contributed by atoms with Gasteiger partial charge in [0.25, 0.3) is 5.91 Å². The lowest BCUT2D eigenvalue weighted by atomic mass is 10.2. The second-order valence-corrected chi connectivity index (χ2v) is 14.1. The molecule has 1 aliphatic rings. The number of hydrogen-bond donors (Lipinski definition) is 2. The standard InChI is InChI=1S/C30H29N7O4S3/c1-20-7-6-8-22(17-20)37-26(18-31-28(39)21-11-13-23(14-12-21)44(40,41)36-15-4-5-16-36)34-35-30(37)42-19-27(38)33-29-32-24-9-2-3-10-25(24)43-29/h2-3,6-14,17H,4-5,15-16,18-19H2,1H3,(H,31,39)(H,32,33,38). The Labute approximate surface area is 262 Å². The normalized spacial score (nSPS) is 13.8. The number of nitrogens with zero attached hydrogens (tertiary/aromatic N) is 5. The molecule has 3 heterocycles. The zero-order valence-electron chi connectivity index (χ0n) is 23.8. The molecule has 1 fully saturated rings. The van der Waals surface area contributed by atoms with E-state index in [9.17, 15) is 18.0 Å². The number of rotatable bonds is 10. The molecular weight excluding hydrogens is 619 g/mol. The van der Waals surface area contributed by atoms with Gasteiger partial charge in [0, 0.05) is 24.3 Å². The number of nitrogens with one attached hydrogen (secondary N) is 2. The number of hydrogen-bond acceptors (Lipinski definition) is 9. The maximum atomic E-state index is 13.0. The SMILES string of the molecule is Cc1cccc(-n2c(CNC(=O)c3ccc(S(=O)(=O)N4CCCC4)cc3)nnc2SCC(=O)Nc2nc3ccccc3s2)c1. The van der Waals surface area contributed by atoms with Gasteiger partial charge in [0.15, 0.2) is 16.1 Å². The molecule has 6 rings (SSSR count). The summed E-state index contributed by atoms with van der Waals surface area (Å²) >= 11 is 2.64. The lowest BCUT2D eigenvalue weighted by molar-refractivity contribution is -0.113. The van der Waals surface area contributed by atoms with Gasteiger partial charge >= 0.3 is 0 Å². The number of aryl methyl sites for hydroxylation is 1. The van der Waals surface area contributed by atoms with Crippen molar-refractivity contribution in [2.45, 2.75) is 36.4 Å². The van der Waals surface area contributed by atoms with Gasteiger partial charge in [0.1, 0.15) is 0 Å². The molecule has 11 nitrogen and oxygen atoms in total. The summed E-state index contributed by atoms with van der Waals surface area (Å²) in [5, 5.41) is 15.4. The summed E-state index contributed by atoms with van der Waals surface area (Å²) in [6.07, 6.45) is 1.70. The number of carbonyl (C=O) groups is 2. The fourth-order valence-corrected chi connectivity index (χ4v) is 8.03. The summed E-state index contributed by atoms with van der Waals surface area (Å²) in [7, 11) is -3.56. The van der Waals surface area contributed by atoms with Crippen LogP contribution in [0.15, 0.2) is 82.8 Å². The van der Waals surface area contributed by atoms with Crippen LogP contribution in [0.25, 0.3) is 15.9 Å². The van der Waals surface area contributed by atoms with Crippen molar-refractivity contribution in [3.63, 3.8) is 0 Å². The van der Waals surface area contributed by atoms with Crippen molar-refractivity contribution in [1.82, 2.24) is 29.4 Å². The number of para-hydroxylation sites is 1. The molecule has 5 aromatic rings. The van der Waals surface area contributed by atoms with E-state index in [4.69, 9.17) is 0 Å². The van der Waals surface area contributed by atoms with Crippen LogP contribution in [0.5, 0.6) is 0 Å². The van der Waals surface area contributed by atoms with Crippen LogP contribution in [-0.2, 0) is 21.4 Å². The van der Waals surface area contributed by atoms with E-state index in [0.717, 1.165) is 34.3 Å². The zero-order valence-corrected chi connectivity index (χ0v) is 26.2. The van der Waals surface area contributed by atoms with Crippen LogP contribution in [-0.4, -0.2) is 63.1 Å². The predicted molar refractivity (Wildman–Crippen MR) is 171 cm³/mol. The maximum Gasteiger partial charge on any atom is 0.251 e. The molecule has 1 aliphatic heterocycles. The maximum absolute atomic E-state index is 13.0. The van der Waals surface area contributed by atoms with Gasteiger partial charge in [0.05, 0.1) is 27.4 Å². The van der Waals surface area contributed by atoms with Crippen LogP contribution in [0.3, 0.4) is 0 Å². The van der Waals surface area contributed by atoms with Gasteiger partial charge in [-0.2, -0.15) is 4.31 Å². The van der Waals surface area contributed by atoms with E-state index in [-0.39, 0.29) is 29.0 Å². The third-order valence-electron chi connectivity index (χ3n) is 7.06. The first kappa shape index (κ1) is 29.9. The van der Waals surface area contributed by atoms with Gasteiger partial charge in [-0.15, -0.1) is 10.2 Å². The Kier molecular flexibility index (Phi) is 8.75. The molecule has 1 saturated heterocycles. The number of anilines is 1. The minimum Gasteiger partial charge on any atom is -0.345 e. The highest BCUT2D eigenvalue weighted by Crippen LogP contribution is 2.27. The molecule has 0 radical (unpaired) electrons. The predicted octanol–water partition coefficient (Wildman–Crippen LogP) is 4.63. The Morgan fingerprint density at radius 2 is 1.75 bits per heavy atom. The Morgan fingerprint density at radius 1 is 0.977 bits per heavy atom. The van der Waals surface area contributed by atoms with Gasteiger partial charge < -0.3 is 10.6 Å². The van der Waals surface area contributed by atoms with Gasteiger partial charge in [-0.25, -0.2) is 13.4 Å². The highest BCUT2D eigenvalue weighted by Gasteiger charge is 2.27. The van der Waals surface area contributed by atoms with Crippen LogP contribution in [0.2, 0.25) is 0 Å². The first-order chi connectivity index (χ1) is 21.3. The minimum absolute atomic E-state index is 0.0616. The summed E-state index contributed by atoms with van der Waals surface area (Å²) in [4.78, 5) is 30.4. The summed E-state index contributed by atoms with van der Waals surface area (Å²) in [6, 6.07) is 21.4. The van der Waals surface area contributed by atoms with E-state index in [1.54, 1.807) is 0 Å². The summed E-state index contributed by atoms with van der Waals surface area (Å²) in [5.74, 6) is -0.0404. The van der Waals surface area contributed by atoms with Crippen molar-refractivity contribution in [3.05, 3.63) is 89.7 Å². The monoisotopic (exact) mass is 647 g/mol. The number of thioether (sulfide) groups is 1. The molecule has 2 aromatic heterocycles. The van der Waals surface area contributed by atoms with Crippen molar-refractivity contribution < 1.29 is 18.0 Å². The number of carbonyl (C=O) groups excluding carboxylic acids is 2. The Balaban J connectivity index is 1.14. The second kappa shape index (κ2) is 12.9. The van der Waals surface area contributed by atoms with Crippen LogP contribution < -0.4 is 10.6 Å². The third-order valence-corrected chi connectivity index (χ3v) is 10.9. The Morgan fingerprint density at radius 3 is 2.50 bits per heavy atom. The second-order valence-electron chi connectivity index (χ2n) is 10.2. The lowest BCUT2D eigenvalue weighted by Crippen LogP contribution is -2.28. The highest BCUT2D eigenvalue weighted by molar-refractivity contribution is 7.99. The van der Waals surface area contributed by atoms with Gasteiger partial charge in [-0.1, -0.05) is 47.4 Å². The average Bonchev–Trinajstić information content (AvgIpc) is 3.79. The summed E-state index contributed by atoms with van der Waals surface area (Å²) < 4.78 is 29.9. The Bertz CT molecular complexity index is 1900. The molecule has 226 valence electrons. The smallest absolute Gasteiger partial charge is 0.251 e. The molecular formula is C30H29N7O4S3. The number of benzene rings is 3. The highest BCUT2D eigenvalue weighted by atomic mass is 32.2. The topological polar surface area (TPSA) is 139 Å². The van der Waals surface area contributed by atoms with E-state index < -0.39 is 10.0 Å². The Hall–Kier alpha value is -4.11. The van der Waals surface area contributed by atoms with Crippen LogP contribution in [0.1, 0.15) is 34.6 Å². The van der Waals surface area contributed by atoms with Gasteiger partial charge in [-0.3, -0.25) is 14.2 Å². The summed E-state index contributed by atoms with van der Waals surface area (Å²) in [5.41, 5.74) is 2.98. The molecule has 44 heavy (non-hydrogen) atoms. The van der Waals surface area contributed by atoms with E-state index in [0.29, 0.717) is 34.8 Å². The first-order valence-electron chi connectivity index (χ1n) is 14.0. The molecule has 0 saturated carbocycles. The molecule has 14 heteroatoms. The van der Waals surface area contributed by atoms with Crippen molar-refractivity contribution in [2.24, 2.45) is 0 Å². The van der Waals surface area contributed by atoms with Gasteiger partial charge in [-0.05, 0) is 73.9 Å². The van der Waals surface area contributed by atoms with Crippen molar-refractivity contribution in [3.8, 4) is 5.69 Å². The third kappa shape index (κ3) is 6.53. The average molecular weight is 648 g/mol. The number of fused-ring (bicyclic) bond motifs is 1. The number of thiazole rings is 1. The zero-order chi connectivity index (χ0) is 30.7. The fourth-order valence-electron chi connectivity index (χ4n) is 4.86. The molecule has 0 unspecified atom stereocenters. The minimum atomic E-state index is -3.56. The van der Waals surface area contributed by atoms with Gasteiger partial charge in [0.2, 0.25) is 15.9 Å². The molecule has 0 aliphatic carbocycles. The van der Waals surface area contributed by atoms with Crippen molar-refractivity contribution >= 4 is 60.3 Å². The quantitative estimate of drug-likeness (QED) is 0.209. The van der Waals surface area contributed by atoms with E-state index in [2.05, 4.69) is 25.8 Å². The number of aromatic nitrogens is 4. The van der Waals surface area contributed by atoms with Crippen LogP contribution in [0.4, 0.5) is 5.13 Å². The molecule has 2 amide bonds. The molecule has 3 aromatic carbocycles. The van der Waals surface area contributed by atoms with Crippen LogP contribution in [0, 0.1) is 6.92 Å². The van der Waals surface area contributed by atoms with Crippen LogP contribution >= 0.6 is 23.1 Å². The van der Waals surface area contributed by atoms with E-state index in [1.165, 1.54) is 51.7 Å². The first-order valence-corrected chi connectivity index (χ1v) is 17.2. The fraction of sp³-hybridized carbons (Fsp3) is 0.233. The van der Waals surface area contributed by atoms with E-state index in [1.807, 2.05) is 60.0 Å². The lowest BCUT2D eigenvalue weighted by Gasteiger charge is -2.15. The number of amides is 2. The van der Waals surface area contributed by atoms with Crippen molar-refractivity contribution in [2.75, 3.05) is 24.2 Å². The largest absolute Gasteiger partial charge is 0.345 e.